The highest BCUT2D eigenvalue weighted by Crippen LogP contribution is 2.24. The Morgan fingerprint density at radius 1 is 1.19 bits per heavy atom. The molecule has 1 aromatic rings. The van der Waals surface area contributed by atoms with Crippen molar-refractivity contribution in [2.75, 3.05) is 18.9 Å². The van der Waals surface area contributed by atoms with Crippen molar-refractivity contribution in [3.05, 3.63) is 11.9 Å². The average Bonchev–Trinajstić information content (AvgIpc) is 3.18. The van der Waals surface area contributed by atoms with Crippen molar-refractivity contribution in [3.63, 3.8) is 0 Å². The van der Waals surface area contributed by atoms with Crippen LogP contribution in [0, 0.1) is 6.92 Å². The maximum absolute atomic E-state index is 4.68. The predicted octanol–water partition coefficient (Wildman–Crippen LogP) is 3.42. The zero-order valence-corrected chi connectivity index (χ0v) is 13.6. The molecule has 0 radical (unpaired) electrons. The Kier molecular flexibility index (Phi) is 4.84. The van der Waals surface area contributed by atoms with Crippen molar-refractivity contribution in [2.45, 2.75) is 76.9 Å². The summed E-state index contributed by atoms with van der Waals surface area (Å²) < 4.78 is 2.32. The third-order valence-corrected chi connectivity index (χ3v) is 5.23. The van der Waals surface area contributed by atoms with Crippen LogP contribution in [0.2, 0.25) is 0 Å². The molecule has 2 aliphatic carbocycles. The fourth-order valence-corrected chi connectivity index (χ4v) is 3.88. The monoisotopic (exact) mass is 290 g/mol. The molecule has 0 aromatic carbocycles. The number of aryl methyl sites for hydroxylation is 1. The molecule has 0 unspecified atom stereocenters. The summed E-state index contributed by atoms with van der Waals surface area (Å²) in [5.74, 6) is 1.08. The number of hydrogen-bond donors (Lipinski definition) is 1. The van der Waals surface area contributed by atoms with Crippen LogP contribution in [0.15, 0.2) is 6.20 Å². The Morgan fingerprint density at radius 3 is 2.57 bits per heavy atom. The van der Waals surface area contributed by atoms with E-state index in [1.807, 2.05) is 0 Å². The zero-order valence-electron chi connectivity index (χ0n) is 13.6. The summed E-state index contributed by atoms with van der Waals surface area (Å²) in [5.41, 5.74) is 1.12. The van der Waals surface area contributed by atoms with E-state index < -0.39 is 0 Å². The second-order valence-corrected chi connectivity index (χ2v) is 6.94. The lowest BCUT2D eigenvalue weighted by Gasteiger charge is -2.24. The van der Waals surface area contributed by atoms with Crippen molar-refractivity contribution in [3.8, 4) is 0 Å². The summed E-state index contributed by atoms with van der Waals surface area (Å²) in [6, 6.07) is 1.44. The van der Waals surface area contributed by atoms with Crippen LogP contribution in [0.1, 0.15) is 57.1 Å². The number of anilines is 1. The molecule has 1 N–H and O–H groups in total. The van der Waals surface area contributed by atoms with Gasteiger partial charge in [0, 0.05) is 31.4 Å². The van der Waals surface area contributed by atoms with Gasteiger partial charge in [0.05, 0.1) is 5.69 Å². The van der Waals surface area contributed by atoms with Crippen LogP contribution in [0.4, 0.5) is 5.95 Å². The molecule has 3 rings (SSSR count). The van der Waals surface area contributed by atoms with Crippen LogP contribution in [0.3, 0.4) is 0 Å². The molecular formula is C17H30N4. The van der Waals surface area contributed by atoms with Crippen LogP contribution >= 0.6 is 0 Å². The highest BCUT2D eigenvalue weighted by molar-refractivity contribution is 5.30. The fourth-order valence-electron chi connectivity index (χ4n) is 3.88. The maximum atomic E-state index is 4.68. The van der Waals surface area contributed by atoms with Crippen molar-refractivity contribution in [1.82, 2.24) is 14.5 Å². The fraction of sp³-hybridized carbons (Fsp3) is 0.824. The van der Waals surface area contributed by atoms with E-state index in [1.54, 1.807) is 0 Å². The first kappa shape index (κ1) is 14.9. The van der Waals surface area contributed by atoms with Gasteiger partial charge in [0.15, 0.2) is 0 Å². The van der Waals surface area contributed by atoms with E-state index in [-0.39, 0.29) is 0 Å². The Morgan fingerprint density at radius 2 is 1.86 bits per heavy atom. The molecule has 0 bridgehead atoms. The highest BCUT2D eigenvalue weighted by atomic mass is 15.2. The molecule has 0 saturated heterocycles. The summed E-state index contributed by atoms with van der Waals surface area (Å²) in [4.78, 5) is 7.23. The van der Waals surface area contributed by atoms with E-state index in [1.165, 1.54) is 51.4 Å². The van der Waals surface area contributed by atoms with Crippen LogP contribution in [0.25, 0.3) is 0 Å². The summed E-state index contributed by atoms with van der Waals surface area (Å²) >= 11 is 0. The second kappa shape index (κ2) is 6.82. The molecule has 2 aliphatic rings. The minimum atomic E-state index is 0.637. The number of imidazole rings is 1. The van der Waals surface area contributed by atoms with E-state index in [4.69, 9.17) is 0 Å². The van der Waals surface area contributed by atoms with Gasteiger partial charge in [-0.15, -0.1) is 0 Å². The Balaban J connectivity index is 1.56. The van der Waals surface area contributed by atoms with Crippen LogP contribution in [0.5, 0.6) is 0 Å². The molecular weight excluding hydrogens is 260 g/mol. The molecule has 2 saturated carbocycles. The van der Waals surface area contributed by atoms with E-state index >= 15 is 0 Å². The number of nitrogens with zero attached hydrogens (tertiary/aromatic N) is 3. The lowest BCUT2D eigenvalue weighted by Crippen LogP contribution is -2.32. The van der Waals surface area contributed by atoms with Gasteiger partial charge in [-0.1, -0.05) is 25.7 Å². The Bertz CT molecular complexity index is 442. The van der Waals surface area contributed by atoms with Crippen LogP contribution < -0.4 is 5.32 Å². The molecule has 0 spiro atoms. The quantitative estimate of drug-likeness (QED) is 0.871. The van der Waals surface area contributed by atoms with Gasteiger partial charge in [0.25, 0.3) is 0 Å². The molecule has 4 nitrogen and oxygen atoms in total. The van der Waals surface area contributed by atoms with Gasteiger partial charge in [0.1, 0.15) is 0 Å². The number of rotatable bonds is 6. The lowest BCUT2D eigenvalue weighted by atomic mass is 10.2. The van der Waals surface area contributed by atoms with Gasteiger partial charge in [0.2, 0.25) is 5.95 Å². The largest absolute Gasteiger partial charge is 0.353 e. The van der Waals surface area contributed by atoms with Crippen LogP contribution in [-0.4, -0.2) is 40.1 Å². The Labute approximate surface area is 128 Å². The minimum Gasteiger partial charge on any atom is -0.353 e. The summed E-state index contributed by atoms with van der Waals surface area (Å²) in [5, 5.41) is 3.66. The van der Waals surface area contributed by atoms with Gasteiger partial charge in [-0.2, -0.15) is 0 Å². The van der Waals surface area contributed by atoms with Crippen LogP contribution in [-0.2, 0) is 6.54 Å². The third-order valence-electron chi connectivity index (χ3n) is 5.23. The molecule has 0 aliphatic heterocycles. The summed E-state index contributed by atoms with van der Waals surface area (Å²) in [6.45, 7) is 4.26. The summed E-state index contributed by atoms with van der Waals surface area (Å²) in [6.07, 6.45) is 13.1. The van der Waals surface area contributed by atoms with Gasteiger partial charge in [-0.3, -0.25) is 0 Å². The SMILES string of the molecule is Cc1cn(CCN(C)C2CCCC2)c(NC2CCCC2)n1. The minimum absolute atomic E-state index is 0.637. The number of aromatic nitrogens is 2. The molecule has 118 valence electrons. The first-order valence-electron chi connectivity index (χ1n) is 8.73. The molecule has 1 heterocycles. The van der Waals surface area contributed by atoms with Crippen molar-refractivity contribution in [1.29, 1.82) is 0 Å². The summed E-state index contributed by atoms with van der Waals surface area (Å²) in [7, 11) is 2.28. The molecule has 4 heteroatoms. The van der Waals surface area contributed by atoms with Crippen molar-refractivity contribution in [2.24, 2.45) is 0 Å². The molecule has 21 heavy (non-hydrogen) atoms. The Hall–Kier alpha value is -1.03. The zero-order chi connectivity index (χ0) is 14.7. The standard InChI is InChI=1S/C17H30N4/c1-14-13-21(12-11-20(2)16-9-5-6-10-16)17(18-14)19-15-7-3-4-8-15/h13,15-16H,3-12H2,1-2H3,(H,18,19). The lowest BCUT2D eigenvalue weighted by molar-refractivity contribution is 0.237. The molecule has 0 amide bonds. The first-order valence-corrected chi connectivity index (χ1v) is 8.73. The third kappa shape index (κ3) is 3.79. The molecule has 2 fully saturated rings. The topological polar surface area (TPSA) is 33.1 Å². The van der Waals surface area contributed by atoms with Gasteiger partial charge in [-0.25, -0.2) is 4.98 Å². The number of likely N-dealkylation sites (N-methyl/N-ethyl adjacent to an activating group) is 1. The second-order valence-electron chi connectivity index (χ2n) is 6.94. The smallest absolute Gasteiger partial charge is 0.203 e. The van der Waals surface area contributed by atoms with E-state index in [2.05, 4.69) is 39.9 Å². The number of hydrogen-bond acceptors (Lipinski definition) is 3. The normalized spacial score (nSPS) is 20.7. The van der Waals surface area contributed by atoms with E-state index in [0.29, 0.717) is 6.04 Å². The van der Waals surface area contributed by atoms with E-state index in [9.17, 15) is 0 Å². The maximum Gasteiger partial charge on any atom is 0.203 e. The van der Waals surface area contributed by atoms with Crippen molar-refractivity contribution >= 4 is 5.95 Å². The highest BCUT2D eigenvalue weighted by Gasteiger charge is 2.20. The van der Waals surface area contributed by atoms with Crippen molar-refractivity contribution < 1.29 is 0 Å². The van der Waals surface area contributed by atoms with Gasteiger partial charge < -0.3 is 14.8 Å². The van der Waals surface area contributed by atoms with E-state index in [0.717, 1.165) is 30.8 Å². The number of nitrogens with one attached hydrogen (secondary N) is 1. The first-order chi connectivity index (χ1) is 10.2. The van der Waals surface area contributed by atoms with Gasteiger partial charge >= 0.3 is 0 Å². The molecule has 0 atom stereocenters. The average molecular weight is 290 g/mol. The predicted molar refractivity (Wildman–Crippen MR) is 87.7 cm³/mol. The molecule has 1 aromatic heterocycles. The van der Waals surface area contributed by atoms with Gasteiger partial charge in [-0.05, 0) is 39.7 Å².